The molecule has 2 aromatic rings. The number of esters is 2. The van der Waals surface area contributed by atoms with Gasteiger partial charge in [-0.2, -0.15) is 0 Å². The lowest BCUT2D eigenvalue weighted by atomic mass is 9.90. The number of ether oxygens (including phenoxy) is 4. The summed E-state index contributed by atoms with van der Waals surface area (Å²) in [6, 6.07) is 14.8. The van der Waals surface area contributed by atoms with Gasteiger partial charge in [0.05, 0.1) is 18.2 Å². The first kappa shape index (κ1) is 45.4. The molecule has 4 rings (SSSR count). The molecule has 1 saturated heterocycles. The molecule has 1 heterocycles. The van der Waals surface area contributed by atoms with E-state index in [-0.39, 0.29) is 25.7 Å². The van der Waals surface area contributed by atoms with Crippen LogP contribution in [0, 0.1) is 3.57 Å². The van der Waals surface area contributed by atoms with Gasteiger partial charge in [-0.15, -0.1) is 0 Å². The molecular formula is C44H61IN2O9. The number of carbonyl (C=O) groups is 4. The van der Waals surface area contributed by atoms with Gasteiger partial charge in [-0.1, -0.05) is 82.0 Å². The number of aliphatic hydroxyl groups excluding tert-OH is 1. The van der Waals surface area contributed by atoms with Gasteiger partial charge in [-0.25, -0.2) is 4.79 Å². The van der Waals surface area contributed by atoms with Gasteiger partial charge in [-0.05, 0) is 86.4 Å². The lowest BCUT2D eigenvalue weighted by Gasteiger charge is -2.34. The molecule has 0 saturated carbocycles. The number of rotatable bonds is 20. The van der Waals surface area contributed by atoms with Gasteiger partial charge in [0.15, 0.2) is 5.79 Å². The number of nitrogens with one attached hydrogen (secondary N) is 1. The molecule has 56 heavy (non-hydrogen) atoms. The number of fused-ring (bicyclic) bond motifs is 1. The molecule has 0 aromatic heterocycles. The van der Waals surface area contributed by atoms with Gasteiger partial charge in [0.2, 0.25) is 11.8 Å². The molecule has 1 aliphatic heterocycles. The molecule has 0 radical (unpaired) electrons. The first-order valence-corrected chi connectivity index (χ1v) is 21.2. The summed E-state index contributed by atoms with van der Waals surface area (Å²) in [7, 11) is 1.58. The fraction of sp³-hybridized carbons (Fsp3) is 0.591. The quantitative estimate of drug-likeness (QED) is 0.0788. The Balaban J connectivity index is 1.63. The lowest BCUT2D eigenvalue weighted by molar-refractivity contribution is -0.190. The number of nitrogens with zero attached hydrogens (tertiary/aromatic N) is 1. The van der Waals surface area contributed by atoms with Crippen molar-refractivity contribution in [2.45, 2.75) is 153 Å². The zero-order valence-corrected chi connectivity index (χ0v) is 36.0. The molecule has 1 fully saturated rings. The standard InChI is InChI=1S/C44H61IN2O9/c1-7-9-16-24-44(25-17-10-8-2)54-37-28-31(27-36(39(37)56-44)53-42(52)33-20-14-15-21-34(33)45)41(51)47(6)35(26-30-18-12-11-13-19-30)40(50)46-32(29-48)22-23-38(49)55-43(3,4)5/h11-15,18-21,28,32,35-37,39,48H,7-10,16-17,22-27,29H2,1-6H3,(H,46,50)/t32-,35+,36+,37+,39-/m0/s1. The van der Waals surface area contributed by atoms with Gasteiger partial charge in [-0.3, -0.25) is 14.4 Å². The Hall–Kier alpha value is -3.33. The van der Waals surface area contributed by atoms with Gasteiger partial charge < -0.3 is 34.3 Å². The molecule has 2 amide bonds. The van der Waals surface area contributed by atoms with E-state index in [0.29, 0.717) is 24.0 Å². The number of carbonyl (C=O) groups excluding carboxylic acids is 4. The molecule has 0 bridgehead atoms. The Morgan fingerprint density at radius 1 is 0.964 bits per heavy atom. The predicted octanol–water partition coefficient (Wildman–Crippen LogP) is 7.46. The average Bonchev–Trinajstić information content (AvgIpc) is 3.53. The second-order valence-corrected chi connectivity index (χ2v) is 17.1. The van der Waals surface area contributed by atoms with Crippen LogP contribution in [-0.4, -0.2) is 89.2 Å². The number of aliphatic hydroxyl groups is 1. The molecule has 2 aliphatic rings. The zero-order valence-electron chi connectivity index (χ0n) is 33.9. The van der Waals surface area contributed by atoms with E-state index < -0.39 is 72.1 Å². The molecule has 0 spiro atoms. The number of hydrogen-bond acceptors (Lipinski definition) is 9. The third kappa shape index (κ3) is 13.1. The molecule has 2 N–H and O–H groups in total. The van der Waals surface area contributed by atoms with E-state index in [9.17, 15) is 24.3 Å². The Labute approximate surface area is 346 Å². The largest absolute Gasteiger partial charge is 0.460 e. The minimum Gasteiger partial charge on any atom is -0.460 e. The molecule has 308 valence electrons. The van der Waals surface area contributed by atoms with Crippen molar-refractivity contribution in [2.75, 3.05) is 13.7 Å². The number of halogens is 1. The van der Waals surface area contributed by atoms with Crippen molar-refractivity contribution in [3.05, 3.63) is 80.9 Å². The molecule has 11 nitrogen and oxygen atoms in total. The monoisotopic (exact) mass is 888 g/mol. The van der Waals surface area contributed by atoms with Crippen LogP contribution in [0.4, 0.5) is 0 Å². The van der Waals surface area contributed by atoms with E-state index in [4.69, 9.17) is 18.9 Å². The Kier molecular flexibility index (Phi) is 17.4. The summed E-state index contributed by atoms with van der Waals surface area (Å²) in [5.41, 5.74) is 0.946. The molecule has 12 heteroatoms. The van der Waals surface area contributed by atoms with E-state index in [1.165, 1.54) is 4.90 Å². The summed E-state index contributed by atoms with van der Waals surface area (Å²) < 4.78 is 26.0. The van der Waals surface area contributed by atoms with Crippen LogP contribution in [-0.2, 0) is 39.8 Å². The summed E-state index contributed by atoms with van der Waals surface area (Å²) in [5, 5.41) is 13.1. The van der Waals surface area contributed by atoms with E-state index in [0.717, 1.165) is 47.7 Å². The Bertz CT molecular complexity index is 1630. The minimum absolute atomic E-state index is 0.00106. The highest BCUT2D eigenvalue weighted by atomic mass is 127. The van der Waals surface area contributed by atoms with Crippen LogP contribution in [0.15, 0.2) is 66.2 Å². The van der Waals surface area contributed by atoms with Gasteiger partial charge in [0.1, 0.15) is 30.0 Å². The second kappa shape index (κ2) is 21.4. The smallest absolute Gasteiger partial charge is 0.339 e. The zero-order chi connectivity index (χ0) is 40.9. The molecule has 0 unspecified atom stereocenters. The van der Waals surface area contributed by atoms with Crippen molar-refractivity contribution in [2.24, 2.45) is 0 Å². The van der Waals surface area contributed by atoms with Crippen LogP contribution in [0.1, 0.15) is 121 Å². The van der Waals surface area contributed by atoms with Crippen molar-refractivity contribution in [1.82, 2.24) is 10.2 Å². The number of hydrogen-bond donors (Lipinski definition) is 2. The van der Waals surface area contributed by atoms with Crippen LogP contribution in [0.5, 0.6) is 0 Å². The number of unbranched alkanes of at least 4 members (excludes halogenated alkanes) is 4. The highest BCUT2D eigenvalue weighted by Gasteiger charge is 2.53. The Morgan fingerprint density at radius 2 is 1.61 bits per heavy atom. The maximum absolute atomic E-state index is 14.6. The summed E-state index contributed by atoms with van der Waals surface area (Å²) >= 11 is 2.11. The van der Waals surface area contributed by atoms with Gasteiger partial charge >= 0.3 is 11.9 Å². The first-order valence-electron chi connectivity index (χ1n) is 20.1. The van der Waals surface area contributed by atoms with Crippen molar-refractivity contribution >= 4 is 46.3 Å². The fourth-order valence-electron chi connectivity index (χ4n) is 7.22. The number of likely N-dealkylation sites (N-methyl/N-ethyl adjacent to an activating group) is 1. The van der Waals surface area contributed by atoms with Crippen molar-refractivity contribution in [3.8, 4) is 0 Å². The highest BCUT2D eigenvalue weighted by Crippen LogP contribution is 2.43. The minimum atomic E-state index is -0.978. The maximum atomic E-state index is 14.6. The molecule has 2 aromatic carbocycles. The van der Waals surface area contributed by atoms with Crippen LogP contribution in [0.3, 0.4) is 0 Å². The van der Waals surface area contributed by atoms with Gasteiger partial charge in [0.25, 0.3) is 0 Å². The van der Waals surface area contributed by atoms with E-state index in [1.54, 1.807) is 46.0 Å². The average molecular weight is 889 g/mol. The summed E-state index contributed by atoms with van der Waals surface area (Å²) in [5.74, 6) is -2.71. The van der Waals surface area contributed by atoms with Crippen LogP contribution >= 0.6 is 22.6 Å². The fourth-order valence-corrected chi connectivity index (χ4v) is 7.83. The molecular weight excluding hydrogens is 827 g/mol. The SMILES string of the molecule is CCCCCC1(CCCCC)O[C@@H]2[C@@H](C=C(C(=O)N(C)[C@H](Cc3ccccc3)C(=O)N[C@H](CO)CCC(=O)OC(C)(C)C)C[C@H]2OC(=O)c2ccccc2I)O1. The second-order valence-electron chi connectivity index (χ2n) is 15.9. The topological polar surface area (TPSA) is 141 Å². The third-order valence-electron chi connectivity index (χ3n) is 10.2. The normalized spacial score (nSPS) is 19.9. The summed E-state index contributed by atoms with van der Waals surface area (Å²) in [6.07, 6.45) is 7.43. The van der Waals surface area contributed by atoms with Crippen molar-refractivity contribution in [1.29, 1.82) is 0 Å². The van der Waals surface area contributed by atoms with Crippen molar-refractivity contribution < 1.29 is 43.2 Å². The number of amides is 2. The molecule has 5 atom stereocenters. The third-order valence-corrected chi connectivity index (χ3v) is 11.1. The summed E-state index contributed by atoms with van der Waals surface area (Å²) in [6.45, 7) is 9.23. The van der Waals surface area contributed by atoms with Crippen LogP contribution < -0.4 is 5.32 Å². The lowest BCUT2D eigenvalue weighted by Crippen LogP contribution is -2.53. The highest BCUT2D eigenvalue weighted by molar-refractivity contribution is 14.1. The predicted molar refractivity (Wildman–Crippen MR) is 223 cm³/mol. The molecule has 1 aliphatic carbocycles. The Morgan fingerprint density at radius 3 is 2.21 bits per heavy atom. The van der Waals surface area contributed by atoms with Gasteiger partial charge in [0, 0.05) is 48.3 Å². The van der Waals surface area contributed by atoms with Crippen LogP contribution in [0.2, 0.25) is 0 Å². The van der Waals surface area contributed by atoms with E-state index >= 15 is 0 Å². The van der Waals surface area contributed by atoms with Crippen molar-refractivity contribution in [3.63, 3.8) is 0 Å². The van der Waals surface area contributed by atoms with E-state index in [1.807, 2.05) is 42.5 Å². The number of benzene rings is 2. The van der Waals surface area contributed by atoms with E-state index in [2.05, 4.69) is 41.8 Å². The van der Waals surface area contributed by atoms with Crippen LogP contribution in [0.25, 0.3) is 0 Å². The summed E-state index contributed by atoms with van der Waals surface area (Å²) in [4.78, 5) is 56.2. The maximum Gasteiger partial charge on any atom is 0.339 e. The first-order chi connectivity index (χ1) is 26.7.